The topological polar surface area (TPSA) is 46.3 Å². The van der Waals surface area contributed by atoms with Crippen molar-refractivity contribution in [1.82, 2.24) is 4.90 Å². The second-order valence-electron chi connectivity index (χ2n) is 7.07. The van der Waals surface area contributed by atoms with Crippen LogP contribution in [0.25, 0.3) is 0 Å². The lowest BCUT2D eigenvalue weighted by Gasteiger charge is -2.23. The number of benzene rings is 2. The summed E-state index contributed by atoms with van der Waals surface area (Å²) in [6.45, 7) is 5.10. The molecule has 4 heteroatoms. The maximum atomic E-state index is 12.8. The van der Waals surface area contributed by atoms with Gasteiger partial charge in [-0.1, -0.05) is 50.2 Å². The second-order valence-corrected chi connectivity index (χ2v) is 7.07. The van der Waals surface area contributed by atoms with Crippen molar-refractivity contribution >= 4 is 24.0 Å². The molecule has 0 heterocycles. The number of nitrogens with two attached hydrogens (primary N) is 1. The van der Waals surface area contributed by atoms with Crippen LogP contribution >= 0.6 is 12.4 Å². The Bertz CT molecular complexity index is 691. The molecule has 2 N–H and O–H groups in total. The zero-order chi connectivity index (χ0) is 17.1. The number of nitrogens with zero attached hydrogens (tertiary/aromatic N) is 1. The molecule has 25 heavy (non-hydrogen) atoms. The molecule has 134 valence electrons. The third kappa shape index (κ3) is 5.23. The van der Waals surface area contributed by atoms with Gasteiger partial charge in [0, 0.05) is 18.3 Å². The number of halogens is 1. The average molecular weight is 359 g/mol. The van der Waals surface area contributed by atoms with Crippen LogP contribution in [0.5, 0.6) is 0 Å². The highest BCUT2D eigenvalue weighted by Crippen LogP contribution is 2.29. The predicted molar refractivity (Wildman–Crippen MR) is 106 cm³/mol. The largest absolute Gasteiger partial charge is 0.399 e. The van der Waals surface area contributed by atoms with Crippen LogP contribution in [-0.4, -0.2) is 16.8 Å². The maximum Gasteiger partial charge on any atom is 0.227 e. The SMILES string of the molecule is CC(C)c1ccc(CN(C(=O)Cc2ccc(N)cc2)C2CC2)cc1.Cl. The first kappa shape index (κ1) is 19.3. The third-order valence-corrected chi connectivity index (χ3v) is 4.64. The quantitative estimate of drug-likeness (QED) is 0.770. The Labute approximate surface area is 156 Å². The molecule has 2 aromatic rings. The van der Waals surface area contributed by atoms with Gasteiger partial charge in [-0.15, -0.1) is 12.4 Å². The van der Waals surface area contributed by atoms with Gasteiger partial charge in [0.2, 0.25) is 5.91 Å². The van der Waals surface area contributed by atoms with Crippen molar-refractivity contribution in [3.63, 3.8) is 0 Å². The number of carbonyl (C=O) groups is 1. The molecule has 3 nitrogen and oxygen atoms in total. The molecule has 0 aromatic heterocycles. The summed E-state index contributed by atoms with van der Waals surface area (Å²) < 4.78 is 0. The molecule has 0 bridgehead atoms. The monoisotopic (exact) mass is 358 g/mol. The molecule has 1 aliphatic carbocycles. The maximum absolute atomic E-state index is 12.8. The van der Waals surface area contributed by atoms with Crippen LogP contribution in [0.2, 0.25) is 0 Å². The highest BCUT2D eigenvalue weighted by Gasteiger charge is 2.32. The van der Waals surface area contributed by atoms with E-state index in [1.807, 2.05) is 29.2 Å². The van der Waals surface area contributed by atoms with Gasteiger partial charge in [-0.25, -0.2) is 0 Å². The number of anilines is 1. The molecule has 1 amide bonds. The van der Waals surface area contributed by atoms with E-state index < -0.39 is 0 Å². The minimum atomic E-state index is 0. The fraction of sp³-hybridized carbons (Fsp3) is 0.381. The third-order valence-electron chi connectivity index (χ3n) is 4.64. The Morgan fingerprint density at radius 1 is 1.04 bits per heavy atom. The Morgan fingerprint density at radius 2 is 1.60 bits per heavy atom. The lowest BCUT2D eigenvalue weighted by atomic mass is 10.0. The summed E-state index contributed by atoms with van der Waals surface area (Å²) in [7, 11) is 0. The first-order valence-corrected chi connectivity index (χ1v) is 8.75. The molecule has 1 fully saturated rings. The van der Waals surface area contributed by atoms with Crippen molar-refractivity contribution in [2.24, 2.45) is 0 Å². The molecule has 0 aliphatic heterocycles. The predicted octanol–water partition coefficient (Wildman–Crippen LogP) is 4.55. The Kier molecular flexibility index (Phi) is 6.49. The van der Waals surface area contributed by atoms with E-state index in [-0.39, 0.29) is 18.3 Å². The Hall–Kier alpha value is -2.00. The molecular formula is C21H27ClN2O. The van der Waals surface area contributed by atoms with Crippen molar-refractivity contribution < 1.29 is 4.79 Å². The molecule has 2 aromatic carbocycles. The van der Waals surface area contributed by atoms with Crippen LogP contribution < -0.4 is 5.73 Å². The molecule has 1 saturated carbocycles. The summed E-state index contributed by atoms with van der Waals surface area (Å²) >= 11 is 0. The number of carbonyl (C=O) groups excluding carboxylic acids is 1. The number of amides is 1. The Morgan fingerprint density at radius 3 is 2.12 bits per heavy atom. The molecular weight excluding hydrogens is 332 g/mol. The van der Waals surface area contributed by atoms with Gasteiger partial charge in [0.05, 0.1) is 6.42 Å². The molecule has 3 rings (SSSR count). The fourth-order valence-electron chi connectivity index (χ4n) is 2.92. The summed E-state index contributed by atoms with van der Waals surface area (Å²) in [6, 6.07) is 16.7. The number of hydrogen-bond acceptors (Lipinski definition) is 2. The standard InChI is InChI=1S/C21H26N2O.ClH/c1-15(2)18-7-3-17(4-8-18)14-23(20-11-12-20)21(24)13-16-5-9-19(22)10-6-16;/h3-10,15,20H,11-14,22H2,1-2H3;1H. The van der Waals surface area contributed by atoms with Gasteiger partial charge in [-0.2, -0.15) is 0 Å². The van der Waals surface area contributed by atoms with Gasteiger partial charge < -0.3 is 10.6 Å². The van der Waals surface area contributed by atoms with Crippen molar-refractivity contribution in [3.8, 4) is 0 Å². The minimum absolute atomic E-state index is 0. The second kappa shape index (κ2) is 8.39. The van der Waals surface area contributed by atoms with Gasteiger partial charge in [0.1, 0.15) is 0 Å². The number of nitrogen functional groups attached to an aromatic ring is 1. The first-order valence-electron chi connectivity index (χ1n) is 8.75. The number of rotatable bonds is 6. The molecule has 0 radical (unpaired) electrons. The van der Waals surface area contributed by atoms with Crippen molar-refractivity contribution in [2.45, 2.75) is 51.6 Å². The highest BCUT2D eigenvalue weighted by atomic mass is 35.5. The smallest absolute Gasteiger partial charge is 0.227 e. The van der Waals surface area contributed by atoms with E-state index in [0.29, 0.717) is 24.9 Å². The van der Waals surface area contributed by atoms with Crippen LogP contribution in [-0.2, 0) is 17.8 Å². The van der Waals surface area contributed by atoms with E-state index in [1.165, 1.54) is 11.1 Å². The van der Waals surface area contributed by atoms with E-state index in [2.05, 4.69) is 38.1 Å². The van der Waals surface area contributed by atoms with Gasteiger partial charge in [0.15, 0.2) is 0 Å². The zero-order valence-corrected chi connectivity index (χ0v) is 15.8. The van der Waals surface area contributed by atoms with Gasteiger partial charge in [-0.3, -0.25) is 4.79 Å². The van der Waals surface area contributed by atoms with Crippen LogP contribution in [0.4, 0.5) is 5.69 Å². The zero-order valence-electron chi connectivity index (χ0n) is 14.9. The van der Waals surface area contributed by atoms with E-state index in [4.69, 9.17) is 5.73 Å². The summed E-state index contributed by atoms with van der Waals surface area (Å²) in [5.74, 6) is 0.737. The molecule has 0 spiro atoms. The first-order chi connectivity index (χ1) is 11.5. The molecule has 0 atom stereocenters. The summed E-state index contributed by atoms with van der Waals surface area (Å²) in [5.41, 5.74) is 10.0. The van der Waals surface area contributed by atoms with Crippen LogP contribution in [0.1, 0.15) is 49.3 Å². The average Bonchev–Trinajstić information content (AvgIpc) is 3.40. The van der Waals surface area contributed by atoms with Crippen LogP contribution in [0, 0.1) is 0 Å². The lowest BCUT2D eigenvalue weighted by Crippen LogP contribution is -2.33. The van der Waals surface area contributed by atoms with E-state index in [0.717, 1.165) is 24.1 Å². The van der Waals surface area contributed by atoms with Gasteiger partial charge >= 0.3 is 0 Å². The molecule has 0 unspecified atom stereocenters. The van der Waals surface area contributed by atoms with Crippen LogP contribution in [0.3, 0.4) is 0 Å². The van der Waals surface area contributed by atoms with Gasteiger partial charge in [-0.05, 0) is 47.6 Å². The summed E-state index contributed by atoms with van der Waals surface area (Å²) in [5, 5.41) is 0. The van der Waals surface area contributed by atoms with Crippen molar-refractivity contribution in [1.29, 1.82) is 0 Å². The molecule has 1 aliphatic rings. The number of hydrogen-bond donors (Lipinski definition) is 1. The highest BCUT2D eigenvalue weighted by molar-refractivity contribution is 5.85. The molecule has 0 saturated heterocycles. The van der Waals surface area contributed by atoms with Crippen molar-refractivity contribution in [2.75, 3.05) is 5.73 Å². The fourth-order valence-corrected chi connectivity index (χ4v) is 2.92. The van der Waals surface area contributed by atoms with Crippen molar-refractivity contribution in [3.05, 3.63) is 65.2 Å². The Balaban J connectivity index is 0.00000225. The van der Waals surface area contributed by atoms with E-state index in [9.17, 15) is 4.79 Å². The van der Waals surface area contributed by atoms with Crippen LogP contribution in [0.15, 0.2) is 48.5 Å². The normalized spacial score (nSPS) is 13.4. The summed E-state index contributed by atoms with van der Waals surface area (Å²) in [4.78, 5) is 14.8. The van der Waals surface area contributed by atoms with E-state index >= 15 is 0 Å². The lowest BCUT2D eigenvalue weighted by molar-refractivity contribution is -0.131. The van der Waals surface area contributed by atoms with E-state index in [1.54, 1.807) is 0 Å². The van der Waals surface area contributed by atoms with Gasteiger partial charge in [0.25, 0.3) is 0 Å². The minimum Gasteiger partial charge on any atom is -0.399 e. The summed E-state index contributed by atoms with van der Waals surface area (Å²) in [6.07, 6.45) is 2.69.